The van der Waals surface area contributed by atoms with E-state index in [2.05, 4.69) is 34.2 Å². The van der Waals surface area contributed by atoms with Gasteiger partial charge in [-0.3, -0.25) is 10.2 Å². The first kappa shape index (κ1) is 16.1. The first-order valence-corrected chi connectivity index (χ1v) is 7.54. The molecule has 21 heavy (non-hydrogen) atoms. The molecule has 0 radical (unpaired) electrons. The highest BCUT2D eigenvalue weighted by Gasteiger charge is 2.29. The fourth-order valence-electron chi connectivity index (χ4n) is 2.81. The van der Waals surface area contributed by atoms with Crippen molar-refractivity contribution in [1.82, 2.24) is 21.1 Å². The minimum Gasteiger partial charge on any atom is -0.318 e. The Morgan fingerprint density at radius 3 is 3.00 bits per heavy atom. The molecule has 1 aliphatic heterocycles. The summed E-state index contributed by atoms with van der Waals surface area (Å²) in [7, 11) is 4.13. The molecule has 2 unspecified atom stereocenters. The fraction of sp³-hybridized carbons (Fsp3) is 0.562. The van der Waals surface area contributed by atoms with Crippen molar-refractivity contribution in [2.24, 2.45) is 5.92 Å². The molecule has 1 aromatic rings. The second kappa shape index (κ2) is 7.66. The van der Waals surface area contributed by atoms with Crippen LogP contribution in [0.1, 0.15) is 28.9 Å². The minimum atomic E-state index is 0.116. The maximum Gasteiger partial charge on any atom is 0.159 e. The first-order valence-electron chi connectivity index (χ1n) is 7.54. The van der Waals surface area contributed by atoms with Gasteiger partial charge in [-0.1, -0.05) is 18.2 Å². The largest absolute Gasteiger partial charge is 0.318 e. The van der Waals surface area contributed by atoms with Crippen molar-refractivity contribution >= 4 is 5.78 Å². The molecule has 2 rings (SSSR count). The summed E-state index contributed by atoms with van der Waals surface area (Å²) in [6.45, 7) is 5.61. The second-order valence-electron chi connectivity index (χ2n) is 5.81. The van der Waals surface area contributed by atoms with Gasteiger partial charge in [-0.15, -0.1) is 0 Å². The molecule has 0 saturated carbocycles. The predicted molar refractivity (Wildman–Crippen MR) is 85.2 cm³/mol. The topological polar surface area (TPSA) is 56.4 Å². The van der Waals surface area contributed by atoms with Crippen molar-refractivity contribution in [1.29, 1.82) is 0 Å². The van der Waals surface area contributed by atoms with Crippen molar-refractivity contribution in [3.8, 4) is 0 Å². The van der Waals surface area contributed by atoms with Gasteiger partial charge in [-0.25, -0.2) is 5.43 Å². The Morgan fingerprint density at radius 1 is 1.48 bits per heavy atom. The predicted octanol–water partition coefficient (Wildman–Crippen LogP) is 0.806. The van der Waals surface area contributed by atoms with E-state index in [1.165, 1.54) is 5.56 Å². The van der Waals surface area contributed by atoms with Gasteiger partial charge in [0.15, 0.2) is 5.78 Å². The second-order valence-corrected chi connectivity index (χ2v) is 5.81. The maximum atomic E-state index is 11.5. The molecule has 0 amide bonds. The molecule has 0 aliphatic carbocycles. The SMILES string of the molecule is CNCCN(C)CC1CNNC1c1cccc(C(C)=O)c1. The summed E-state index contributed by atoms with van der Waals surface area (Å²) >= 11 is 0. The van der Waals surface area contributed by atoms with Crippen LogP contribution in [0.25, 0.3) is 0 Å². The number of Topliss-reactive ketones (excluding diaryl/α,β-unsaturated/α-hetero) is 1. The molecule has 0 bridgehead atoms. The van der Waals surface area contributed by atoms with Crippen molar-refractivity contribution in [3.05, 3.63) is 35.4 Å². The summed E-state index contributed by atoms with van der Waals surface area (Å²) in [6, 6.07) is 8.20. The van der Waals surface area contributed by atoms with E-state index in [9.17, 15) is 4.79 Å². The molecule has 3 N–H and O–H groups in total. The van der Waals surface area contributed by atoms with Gasteiger partial charge in [-0.05, 0) is 32.6 Å². The Kier molecular flexibility index (Phi) is 5.87. The van der Waals surface area contributed by atoms with Crippen molar-refractivity contribution in [2.45, 2.75) is 13.0 Å². The van der Waals surface area contributed by atoms with Gasteiger partial charge in [-0.2, -0.15) is 0 Å². The molecule has 1 aliphatic rings. The number of carbonyl (C=O) groups is 1. The number of nitrogens with one attached hydrogen (secondary N) is 3. The van der Waals surface area contributed by atoms with Crippen LogP contribution >= 0.6 is 0 Å². The molecule has 0 aromatic heterocycles. The number of ketones is 1. The molecule has 1 fully saturated rings. The third kappa shape index (κ3) is 4.35. The highest BCUT2D eigenvalue weighted by atomic mass is 16.1. The van der Waals surface area contributed by atoms with E-state index in [-0.39, 0.29) is 11.8 Å². The standard InChI is InChI=1S/C16H26N4O/c1-12(21)13-5-4-6-14(9-13)16-15(10-18-19-16)11-20(3)8-7-17-2/h4-6,9,15-19H,7-8,10-11H2,1-3H3. The van der Waals surface area contributed by atoms with E-state index >= 15 is 0 Å². The normalized spacial score (nSPS) is 21.9. The number of carbonyl (C=O) groups excluding carboxylic acids is 1. The summed E-state index contributed by atoms with van der Waals surface area (Å²) in [6.07, 6.45) is 0. The molecule has 116 valence electrons. The summed E-state index contributed by atoms with van der Waals surface area (Å²) in [5.74, 6) is 0.611. The summed E-state index contributed by atoms with van der Waals surface area (Å²) in [4.78, 5) is 13.9. The maximum absolute atomic E-state index is 11.5. The lowest BCUT2D eigenvalue weighted by molar-refractivity contribution is 0.101. The van der Waals surface area contributed by atoms with Crippen LogP contribution in [0.4, 0.5) is 0 Å². The Bertz CT molecular complexity index is 477. The molecule has 2 atom stereocenters. The quantitative estimate of drug-likeness (QED) is 0.649. The van der Waals surface area contributed by atoms with Crippen molar-refractivity contribution in [2.75, 3.05) is 40.3 Å². The summed E-state index contributed by atoms with van der Waals surface area (Å²) in [5.41, 5.74) is 8.56. The highest BCUT2D eigenvalue weighted by molar-refractivity contribution is 5.94. The van der Waals surface area contributed by atoms with Gasteiger partial charge in [0.1, 0.15) is 0 Å². The number of benzene rings is 1. The van der Waals surface area contributed by atoms with Crippen LogP contribution in [-0.4, -0.2) is 51.0 Å². The molecule has 5 heteroatoms. The van der Waals surface area contributed by atoms with Crippen LogP contribution in [0, 0.1) is 5.92 Å². The van der Waals surface area contributed by atoms with E-state index in [0.29, 0.717) is 5.92 Å². The zero-order chi connectivity index (χ0) is 15.2. The van der Waals surface area contributed by atoms with Crippen LogP contribution < -0.4 is 16.2 Å². The van der Waals surface area contributed by atoms with Gasteiger partial charge in [0, 0.05) is 37.7 Å². The van der Waals surface area contributed by atoms with Gasteiger partial charge >= 0.3 is 0 Å². The molecule has 1 saturated heterocycles. The van der Waals surface area contributed by atoms with E-state index in [1.54, 1.807) is 6.92 Å². The average Bonchev–Trinajstić information content (AvgIpc) is 2.93. The lowest BCUT2D eigenvalue weighted by Gasteiger charge is -2.25. The smallest absolute Gasteiger partial charge is 0.159 e. The van der Waals surface area contributed by atoms with E-state index in [0.717, 1.165) is 31.7 Å². The Labute approximate surface area is 127 Å². The zero-order valence-electron chi connectivity index (χ0n) is 13.1. The Hall–Kier alpha value is -1.27. The molecule has 5 nitrogen and oxygen atoms in total. The minimum absolute atomic E-state index is 0.116. The number of hydrazine groups is 1. The lowest BCUT2D eigenvalue weighted by atomic mass is 9.93. The average molecular weight is 290 g/mol. The molecular weight excluding hydrogens is 264 g/mol. The van der Waals surface area contributed by atoms with E-state index in [4.69, 9.17) is 0 Å². The third-order valence-corrected chi connectivity index (χ3v) is 4.04. The number of hydrogen-bond acceptors (Lipinski definition) is 5. The molecule has 1 aromatic carbocycles. The van der Waals surface area contributed by atoms with Crippen LogP contribution in [0.15, 0.2) is 24.3 Å². The molecular formula is C16H26N4O. The van der Waals surface area contributed by atoms with E-state index < -0.39 is 0 Å². The number of hydrogen-bond donors (Lipinski definition) is 3. The Balaban J connectivity index is 2.04. The number of nitrogens with zero attached hydrogens (tertiary/aromatic N) is 1. The van der Waals surface area contributed by atoms with Crippen molar-refractivity contribution in [3.63, 3.8) is 0 Å². The van der Waals surface area contributed by atoms with Crippen molar-refractivity contribution < 1.29 is 4.79 Å². The molecule has 0 spiro atoms. The molecule has 1 heterocycles. The van der Waals surface area contributed by atoms with Crippen LogP contribution in [-0.2, 0) is 0 Å². The van der Waals surface area contributed by atoms with Gasteiger partial charge in [0.25, 0.3) is 0 Å². The van der Waals surface area contributed by atoms with Gasteiger partial charge in [0.2, 0.25) is 0 Å². The number of likely N-dealkylation sites (N-methyl/N-ethyl adjacent to an activating group) is 2. The van der Waals surface area contributed by atoms with E-state index in [1.807, 2.05) is 25.2 Å². The lowest BCUT2D eigenvalue weighted by Crippen LogP contribution is -2.34. The Morgan fingerprint density at radius 2 is 2.29 bits per heavy atom. The highest BCUT2D eigenvalue weighted by Crippen LogP contribution is 2.26. The summed E-state index contributed by atoms with van der Waals surface area (Å²) in [5, 5.41) is 3.18. The van der Waals surface area contributed by atoms with Crippen LogP contribution in [0.2, 0.25) is 0 Å². The third-order valence-electron chi connectivity index (χ3n) is 4.04. The van der Waals surface area contributed by atoms with Crippen LogP contribution in [0.3, 0.4) is 0 Å². The monoisotopic (exact) mass is 290 g/mol. The van der Waals surface area contributed by atoms with Gasteiger partial charge in [0.05, 0.1) is 6.04 Å². The number of rotatable bonds is 7. The summed E-state index contributed by atoms with van der Waals surface area (Å²) < 4.78 is 0. The first-order chi connectivity index (χ1) is 10.1. The fourth-order valence-corrected chi connectivity index (χ4v) is 2.81. The zero-order valence-corrected chi connectivity index (χ0v) is 13.1. The van der Waals surface area contributed by atoms with Gasteiger partial charge < -0.3 is 10.2 Å². The van der Waals surface area contributed by atoms with Crippen LogP contribution in [0.5, 0.6) is 0 Å².